The number of aromatic amines is 1. The van der Waals surface area contributed by atoms with Crippen LogP contribution in [0.4, 0.5) is 0 Å². The van der Waals surface area contributed by atoms with Crippen LogP contribution in [-0.2, 0) is 6.61 Å². The van der Waals surface area contributed by atoms with E-state index in [4.69, 9.17) is 10.5 Å². The minimum atomic E-state index is -0.526. The van der Waals surface area contributed by atoms with E-state index in [0.29, 0.717) is 18.0 Å². The normalized spacial score (nSPS) is 10.4. The number of nitrogens with two attached hydrogens (primary N) is 1. The molecule has 0 saturated heterocycles. The molecular formula is C17H15N3O2. The van der Waals surface area contributed by atoms with E-state index >= 15 is 0 Å². The summed E-state index contributed by atoms with van der Waals surface area (Å²) in [5, 5.41) is 6.67. The number of carbonyl (C=O) groups excluding carboxylic acids is 1. The molecule has 110 valence electrons. The van der Waals surface area contributed by atoms with Gasteiger partial charge in [-0.05, 0) is 35.9 Å². The van der Waals surface area contributed by atoms with Crippen LogP contribution in [0.15, 0.2) is 60.7 Å². The van der Waals surface area contributed by atoms with Crippen molar-refractivity contribution >= 4 is 5.91 Å². The number of hydrogen-bond donors (Lipinski definition) is 2. The quantitative estimate of drug-likeness (QED) is 0.759. The maximum absolute atomic E-state index is 11.1. The lowest BCUT2D eigenvalue weighted by Gasteiger charge is -2.06. The summed E-state index contributed by atoms with van der Waals surface area (Å²) < 4.78 is 5.72. The zero-order valence-corrected chi connectivity index (χ0v) is 11.8. The Morgan fingerprint density at radius 2 is 1.82 bits per heavy atom. The summed E-state index contributed by atoms with van der Waals surface area (Å²) in [5.41, 5.74) is 8.16. The van der Waals surface area contributed by atoms with E-state index in [9.17, 15) is 4.79 Å². The molecule has 1 aromatic heterocycles. The van der Waals surface area contributed by atoms with Crippen LogP contribution < -0.4 is 10.5 Å². The number of rotatable bonds is 5. The van der Waals surface area contributed by atoms with E-state index in [1.54, 1.807) is 6.07 Å². The van der Waals surface area contributed by atoms with E-state index < -0.39 is 5.91 Å². The molecule has 5 nitrogen and oxygen atoms in total. The van der Waals surface area contributed by atoms with Crippen LogP contribution >= 0.6 is 0 Å². The fourth-order valence-electron chi connectivity index (χ4n) is 2.06. The largest absolute Gasteiger partial charge is 0.489 e. The third-order valence-electron chi connectivity index (χ3n) is 3.24. The molecule has 1 amide bonds. The first-order chi connectivity index (χ1) is 10.7. The molecule has 0 bridgehead atoms. The Morgan fingerprint density at radius 1 is 1.09 bits per heavy atom. The topological polar surface area (TPSA) is 81.0 Å². The average molecular weight is 293 g/mol. The van der Waals surface area contributed by atoms with Crippen LogP contribution in [-0.4, -0.2) is 16.1 Å². The van der Waals surface area contributed by atoms with Crippen molar-refractivity contribution in [3.8, 4) is 17.0 Å². The first-order valence-electron chi connectivity index (χ1n) is 6.85. The van der Waals surface area contributed by atoms with Crippen LogP contribution in [0.1, 0.15) is 16.1 Å². The van der Waals surface area contributed by atoms with Crippen LogP contribution in [0.25, 0.3) is 11.3 Å². The molecule has 0 aliphatic heterocycles. The molecule has 0 fully saturated rings. The second-order valence-corrected chi connectivity index (χ2v) is 4.83. The smallest absolute Gasteiger partial charge is 0.266 e. The highest BCUT2D eigenvalue weighted by Gasteiger charge is 2.07. The molecule has 0 aliphatic rings. The average Bonchev–Trinajstić information content (AvgIpc) is 3.05. The third-order valence-corrected chi connectivity index (χ3v) is 3.24. The number of benzene rings is 2. The van der Waals surface area contributed by atoms with Gasteiger partial charge in [0.15, 0.2) is 0 Å². The van der Waals surface area contributed by atoms with Crippen molar-refractivity contribution in [2.24, 2.45) is 5.73 Å². The molecular weight excluding hydrogens is 278 g/mol. The Bertz CT molecular complexity index is 764. The summed E-state index contributed by atoms with van der Waals surface area (Å²) in [6.07, 6.45) is 0. The fourth-order valence-corrected chi connectivity index (χ4v) is 2.06. The number of primary amides is 1. The highest BCUT2D eigenvalue weighted by atomic mass is 16.5. The van der Waals surface area contributed by atoms with Gasteiger partial charge >= 0.3 is 0 Å². The molecule has 3 rings (SSSR count). The summed E-state index contributed by atoms with van der Waals surface area (Å²) in [4.78, 5) is 11.1. The predicted molar refractivity (Wildman–Crippen MR) is 83.3 cm³/mol. The molecule has 1 heterocycles. The number of hydrogen-bond acceptors (Lipinski definition) is 3. The van der Waals surface area contributed by atoms with Crippen molar-refractivity contribution in [3.63, 3.8) is 0 Å². The summed E-state index contributed by atoms with van der Waals surface area (Å²) in [5.74, 6) is 0.250. The standard InChI is InChI=1S/C17H15N3O2/c18-17(21)16-10-15(19-20-16)13-6-8-14(9-7-13)22-11-12-4-2-1-3-5-12/h1-10H,11H2,(H2,18,21)(H,19,20). The zero-order chi connectivity index (χ0) is 15.4. The van der Waals surface area contributed by atoms with Crippen molar-refractivity contribution in [1.82, 2.24) is 10.2 Å². The SMILES string of the molecule is NC(=O)c1cc(-c2ccc(OCc3ccccc3)cc2)n[nH]1. The molecule has 0 aliphatic carbocycles. The van der Waals surface area contributed by atoms with Gasteiger partial charge in [-0.15, -0.1) is 0 Å². The molecule has 0 saturated carbocycles. The predicted octanol–water partition coefficient (Wildman–Crippen LogP) is 2.75. The lowest BCUT2D eigenvalue weighted by Crippen LogP contribution is -2.10. The minimum absolute atomic E-state index is 0.291. The first kappa shape index (κ1) is 13.9. The highest BCUT2D eigenvalue weighted by Crippen LogP contribution is 2.21. The molecule has 3 N–H and O–H groups in total. The molecule has 2 aromatic carbocycles. The molecule has 0 atom stereocenters. The molecule has 5 heteroatoms. The van der Waals surface area contributed by atoms with E-state index in [-0.39, 0.29) is 0 Å². The van der Waals surface area contributed by atoms with Gasteiger partial charge < -0.3 is 10.5 Å². The van der Waals surface area contributed by atoms with Crippen molar-refractivity contribution in [2.75, 3.05) is 0 Å². The Morgan fingerprint density at radius 3 is 2.45 bits per heavy atom. The van der Waals surface area contributed by atoms with Crippen molar-refractivity contribution in [3.05, 3.63) is 71.9 Å². The number of ether oxygens (including phenoxy) is 1. The number of carbonyl (C=O) groups is 1. The Balaban J connectivity index is 1.68. The maximum Gasteiger partial charge on any atom is 0.266 e. The van der Waals surface area contributed by atoms with Crippen LogP contribution in [0.2, 0.25) is 0 Å². The number of nitrogens with zero attached hydrogens (tertiary/aromatic N) is 1. The Hall–Kier alpha value is -3.08. The summed E-state index contributed by atoms with van der Waals surface area (Å²) >= 11 is 0. The van der Waals surface area contributed by atoms with Gasteiger partial charge in [-0.2, -0.15) is 5.10 Å². The summed E-state index contributed by atoms with van der Waals surface area (Å²) in [7, 11) is 0. The zero-order valence-electron chi connectivity index (χ0n) is 11.8. The van der Waals surface area contributed by atoms with E-state index in [2.05, 4.69) is 10.2 Å². The van der Waals surface area contributed by atoms with Crippen LogP contribution in [0.5, 0.6) is 5.75 Å². The number of aromatic nitrogens is 2. The minimum Gasteiger partial charge on any atom is -0.489 e. The first-order valence-corrected chi connectivity index (χ1v) is 6.85. The van der Waals surface area contributed by atoms with Crippen LogP contribution in [0.3, 0.4) is 0 Å². The fraction of sp³-hybridized carbons (Fsp3) is 0.0588. The van der Waals surface area contributed by atoms with Gasteiger partial charge in [0.05, 0.1) is 5.69 Å². The van der Waals surface area contributed by atoms with Gasteiger partial charge in [-0.25, -0.2) is 0 Å². The second kappa shape index (κ2) is 6.13. The monoisotopic (exact) mass is 293 g/mol. The van der Waals surface area contributed by atoms with Gasteiger partial charge in [0.25, 0.3) is 5.91 Å². The van der Waals surface area contributed by atoms with Crippen molar-refractivity contribution in [1.29, 1.82) is 0 Å². The molecule has 3 aromatic rings. The molecule has 0 radical (unpaired) electrons. The molecule has 0 spiro atoms. The summed E-state index contributed by atoms with van der Waals surface area (Å²) in [6.45, 7) is 0.522. The van der Waals surface area contributed by atoms with E-state index in [0.717, 1.165) is 16.9 Å². The van der Waals surface area contributed by atoms with Crippen molar-refractivity contribution in [2.45, 2.75) is 6.61 Å². The lowest BCUT2D eigenvalue weighted by atomic mass is 10.1. The Labute approximate surface area is 127 Å². The lowest BCUT2D eigenvalue weighted by molar-refractivity contribution is 0.0995. The number of H-pyrrole nitrogens is 1. The van der Waals surface area contributed by atoms with Crippen LogP contribution in [0, 0.1) is 0 Å². The second-order valence-electron chi connectivity index (χ2n) is 4.83. The van der Waals surface area contributed by atoms with Crippen molar-refractivity contribution < 1.29 is 9.53 Å². The van der Waals surface area contributed by atoms with Gasteiger partial charge in [-0.3, -0.25) is 9.89 Å². The van der Waals surface area contributed by atoms with E-state index in [1.165, 1.54) is 0 Å². The summed E-state index contributed by atoms with van der Waals surface area (Å²) in [6, 6.07) is 19.1. The van der Waals surface area contributed by atoms with Gasteiger partial charge in [0.1, 0.15) is 18.1 Å². The Kier molecular flexibility index (Phi) is 3.87. The maximum atomic E-state index is 11.1. The van der Waals surface area contributed by atoms with E-state index in [1.807, 2.05) is 54.6 Å². The van der Waals surface area contributed by atoms with Gasteiger partial charge in [-0.1, -0.05) is 30.3 Å². The van der Waals surface area contributed by atoms with Gasteiger partial charge in [0, 0.05) is 5.56 Å². The number of amides is 1. The van der Waals surface area contributed by atoms with Gasteiger partial charge in [0.2, 0.25) is 0 Å². The number of nitrogens with one attached hydrogen (secondary N) is 1. The molecule has 22 heavy (non-hydrogen) atoms. The third kappa shape index (κ3) is 3.15. The highest BCUT2D eigenvalue weighted by molar-refractivity contribution is 5.91. The molecule has 0 unspecified atom stereocenters.